The Bertz CT molecular complexity index is 489. The molecule has 6 nitrogen and oxygen atoms in total. The third-order valence-electron chi connectivity index (χ3n) is 2.68. The Balaban J connectivity index is 2.80. The normalized spacial score (nSPS) is 10.0. The van der Waals surface area contributed by atoms with Crippen LogP contribution in [-0.2, 0) is 4.79 Å². The molecule has 116 valence electrons. The molecule has 0 fully saturated rings. The van der Waals surface area contributed by atoms with Crippen molar-refractivity contribution >= 4 is 11.8 Å². The summed E-state index contributed by atoms with van der Waals surface area (Å²) in [4.78, 5) is 22.5. The lowest BCUT2D eigenvalue weighted by Gasteiger charge is -2.13. The van der Waals surface area contributed by atoms with Crippen molar-refractivity contribution < 1.29 is 19.1 Å². The fraction of sp³-hybridized carbons (Fsp3) is 0.467. The van der Waals surface area contributed by atoms with Gasteiger partial charge in [0, 0.05) is 5.56 Å². The highest BCUT2D eigenvalue weighted by Gasteiger charge is 2.12. The van der Waals surface area contributed by atoms with Crippen LogP contribution in [-0.4, -0.2) is 31.6 Å². The lowest BCUT2D eigenvalue weighted by molar-refractivity contribution is -0.117. The van der Waals surface area contributed by atoms with Gasteiger partial charge in [0.15, 0.2) is 11.5 Å². The van der Waals surface area contributed by atoms with Gasteiger partial charge in [-0.2, -0.15) is 0 Å². The third kappa shape index (κ3) is 5.72. The maximum absolute atomic E-state index is 11.9. The fourth-order valence-corrected chi connectivity index (χ4v) is 1.63. The molecular weight excluding hydrogens is 272 g/mol. The molecular formula is C15H22N2O4. The van der Waals surface area contributed by atoms with E-state index >= 15 is 0 Å². The van der Waals surface area contributed by atoms with E-state index in [4.69, 9.17) is 15.2 Å². The summed E-state index contributed by atoms with van der Waals surface area (Å²) in [7, 11) is 0. The first-order valence-corrected chi connectivity index (χ1v) is 7.04. The number of nitrogens with one attached hydrogen (secondary N) is 1. The van der Waals surface area contributed by atoms with Gasteiger partial charge in [0.2, 0.25) is 5.91 Å². The first-order chi connectivity index (χ1) is 10.1. The topological polar surface area (TPSA) is 90.6 Å². The lowest BCUT2D eigenvalue weighted by atomic mass is 10.2. The van der Waals surface area contributed by atoms with Crippen LogP contribution in [0.1, 0.15) is 37.0 Å². The number of hydrogen-bond acceptors (Lipinski definition) is 4. The molecule has 0 saturated carbocycles. The molecule has 1 rings (SSSR count). The molecule has 0 aliphatic rings. The Morgan fingerprint density at radius 2 is 1.95 bits per heavy atom. The zero-order valence-corrected chi connectivity index (χ0v) is 12.5. The van der Waals surface area contributed by atoms with Gasteiger partial charge in [-0.15, -0.1) is 0 Å². The second kappa shape index (κ2) is 8.84. The molecule has 0 bridgehead atoms. The van der Waals surface area contributed by atoms with E-state index in [9.17, 15) is 9.59 Å². The van der Waals surface area contributed by atoms with Crippen molar-refractivity contribution in [2.45, 2.75) is 26.7 Å². The van der Waals surface area contributed by atoms with Gasteiger partial charge in [0.25, 0.3) is 5.91 Å². The Hall–Kier alpha value is -2.24. The number of carbonyl (C=O) groups is 2. The largest absolute Gasteiger partial charge is 0.490 e. The number of carbonyl (C=O) groups excluding carboxylic acids is 2. The molecule has 1 aromatic carbocycles. The van der Waals surface area contributed by atoms with Crippen LogP contribution in [0.3, 0.4) is 0 Å². The predicted molar refractivity (Wildman–Crippen MR) is 79.5 cm³/mol. The van der Waals surface area contributed by atoms with Crippen LogP contribution in [0.15, 0.2) is 18.2 Å². The number of hydrogen-bond donors (Lipinski definition) is 2. The summed E-state index contributed by atoms with van der Waals surface area (Å²) in [5.74, 6) is 0.153. The minimum absolute atomic E-state index is 0.197. The van der Waals surface area contributed by atoms with Crippen molar-refractivity contribution in [1.82, 2.24) is 5.32 Å². The Morgan fingerprint density at radius 3 is 2.57 bits per heavy atom. The van der Waals surface area contributed by atoms with Gasteiger partial charge in [-0.25, -0.2) is 0 Å². The number of nitrogens with two attached hydrogens (primary N) is 1. The number of benzene rings is 1. The molecule has 0 aliphatic heterocycles. The zero-order chi connectivity index (χ0) is 15.7. The van der Waals surface area contributed by atoms with E-state index in [-0.39, 0.29) is 12.5 Å². The highest BCUT2D eigenvalue weighted by molar-refractivity contribution is 5.96. The maximum atomic E-state index is 11.9. The summed E-state index contributed by atoms with van der Waals surface area (Å²) in [6, 6.07) is 4.92. The van der Waals surface area contributed by atoms with Gasteiger partial charge in [-0.1, -0.05) is 13.3 Å². The minimum Gasteiger partial charge on any atom is -0.490 e. The van der Waals surface area contributed by atoms with Crippen LogP contribution in [0.4, 0.5) is 0 Å². The van der Waals surface area contributed by atoms with Crippen molar-refractivity contribution in [2.24, 2.45) is 5.73 Å². The van der Waals surface area contributed by atoms with Gasteiger partial charge >= 0.3 is 0 Å². The van der Waals surface area contributed by atoms with Crippen molar-refractivity contribution in [1.29, 1.82) is 0 Å². The SMILES string of the molecule is CCCCOc1ccc(C(=O)NCC(N)=O)cc1OCC. The van der Waals surface area contributed by atoms with Crippen molar-refractivity contribution in [2.75, 3.05) is 19.8 Å². The van der Waals surface area contributed by atoms with Gasteiger partial charge in [-0.3, -0.25) is 9.59 Å². The van der Waals surface area contributed by atoms with E-state index < -0.39 is 5.91 Å². The number of ether oxygens (including phenoxy) is 2. The van der Waals surface area contributed by atoms with Gasteiger partial charge in [0.1, 0.15) is 0 Å². The molecule has 0 aliphatic carbocycles. The Labute approximate surface area is 124 Å². The Morgan fingerprint density at radius 1 is 1.19 bits per heavy atom. The second-order valence-corrected chi connectivity index (χ2v) is 4.45. The minimum atomic E-state index is -0.590. The predicted octanol–water partition coefficient (Wildman–Crippen LogP) is 1.48. The molecule has 0 spiro atoms. The average molecular weight is 294 g/mol. The van der Waals surface area contributed by atoms with Crippen LogP contribution in [0, 0.1) is 0 Å². The molecule has 0 unspecified atom stereocenters. The number of amides is 2. The first kappa shape index (κ1) is 16.8. The van der Waals surface area contributed by atoms with Crippen LogP contribution in [0.5, 0.6) is 11.5 Å². The maximum Gasteiger partial charge on any atom is 0.251 e. The summed E-state index contributed by atoms with van der Waals surface area (Å²) < 4.78 is 11.1. The van der Waals surface area contributed by atoms with Crippen LogP contribution < -0.4 is 20.5 Å². The highest BCUT2D eigenvalue weighted by Crippen LogP contribution is 2.28. The summed E-state index contributed by atoms with van der Waals surface area (Å²) in [6.45, 7) is 4.81. The van der Waals surface area contributed by atoms with Gasteiger partial charge in [0.05, 0.1) is 19.8 Å². The second-order valence-electron chi connectivity index (χ2n) is 4.45. The molecule has 2 amide bonds. The molecule has 3 N–H and O–H groups in total. The summed E-state index contributed by atoms with van der Waals surface area (Å²) in [5.41, 5.74) is 5.38. The third-order valence-corrected chi connectivity index (χ3v) is 2.68. The van der Waals surface area contributed by atoms with Crippen LogP contribution >= 0.6 is 0 Å². The number of rotatable bonds is 9. The highest BCUT2D eigenvalue weighted by atomic mass is 16.5. The fourth-order valence-electron chi connectivity index (χ4n) is 1.63. The van der Waals surface area contributed by atoms with E-state index in [2.05, 4.69) is 12.2 Å². The van der Waals surface area contributed by atoms with E-state index in [1.807, 2.05) is 6.92 Å². The molecule has 21 heavy (non-hydrogen) atoms. The summed E-state index contributed by atoms with van der Waals surface area (Å²) in [6.07, 6.45) is 1.99. The molecule has 0 heterocycles. The smallest absolute Gasteiger partial charge is 0.251 e. The summed E-state index contributed by atoms with van der Waals surface area (Å²) in [5, 5.41) is 2.43. The van der Waals surface area contributed by atoms with Crippen LogP contribution in [0.2, 0.25) is 0 Å². The number of unbranched alkanes of at least 4 members (excludes halogenated alkanes) is 1. The molecule has 0 aromatic heterocycles. The summed E-state index contributed by atoms with van der Waals surface area (Å²) >= 11 is 0. The molecule has 6 heteroatoms. The molecule has 0 saturated heterocycles. The van der Waals surface area contributed by atoms with Crippen LogP contribution in [0.25, 0.3) is 0 Å². The van der Waals surface area contributed by atoms with E-state index in [1.54, 1.807) is 18.2 Å². The Kier molecular flexibility index (Phi) is 7.08. The van der Waals surface area contributed by atoms with E-state index in [0.717, 1.165) is 12.8 Å². The first-order valence-electron chi connectivity index (χ1n) is 7.04. The van der Waals surface area contributed by atoms with E-state index in [1.165, 1.54) is 0 Å². The van der Waals surface area contributed by atoms with Gasteiger partial charge in [-0.05, 0) is 31.5 Å². The van der Waals surface area contributed by atoms with Crippen molar-refractivity contribution in [3.05, 3.63) is 23.8 Å². The van der Waals surface area contributed by atoms with Gasteiger partial charge < -0.3 is 20.5 Å². The lowest BCUT2D eigenvalue weighted by Crippen LogP contribution is -2.33. The molecule has 1 aromatic rings. The monoisotopic (exact) mass is 294 g/mol. The number of primary amides is 1. The average Bonchev–Trinajstić information content (AvgIpc) is 2.46. The molecule has 0 atom stereocenters. The standard InChI is InChI=1S/C15H22N2O4/c1-3-5-8-21-12-7-6-11(9-13(12)20-4-2)15(19)17-10-14(16)18/h6-7,9H,3-5,8,10H2,1-2H3,(H2,16,18)(H,17,19). The van der Waals surface area contributed by atoms with Crippen molar-refractivity contribution in [3.8, 4) is 11.5 Å². The quantitative estimate of drug-likeness (QED) is 0.675. The van der Waals surface area contributed by atoms with E-state index in [0.29, 0.717) is 30.3 Å². The van der Waals surface area contributed by atoms with Crippen molar-refractivity contribution in [3.63, 3.8) is 0 Å². The molecule has 0 radical (unpaired) electrons. The zero-order valence-electron chi connectivity index (χ0n) is 12.5.